The maximum absolute atomic E-state index is 13.5. The zero-order valence-electron chi connectivity index (χ0n) is 12.4. The highest BCUT2D eigenvalue weighted by Gasteiger charge is 2.14. The molecule has 0 aromatic heterocycles. The standard InChI is InChI=1S/C16H12Cl2FNO4/c1-23-14-5-2-9(6-12(14)19)16(22)24-8-15(21)20-13-4-3-10(17)7-11(13)18/h2-7H,8H2,1H3,(H,20,21). The molecule has 0 unspecified atom stereocenters. The van der Waals surface area contributed by atoms with E-state index >= 15 is 0 Å². The second-order valence-electron chi connectivity index (χ2n) is 4.60. The number of esters is 1. The number of anilines is 1. The van der Waals surface area contributed by atoms with E-state index in [0.717, 1.165) is 6.07 Å². The molecule has 0 aliphatic rings. The largest absolute Gasteiger partial charge is 0.494 e. The van der Waals surface area contributed by atoms with Crippen LogP contribution in [0.5, 0.6) is 5.75 Å². The van der Waals surface area contributed by atoms with Crippen molar-refractivity contribution >= 4 is 40.8 Å². The molecule has 0 heterocycles. The summed E-state index contributed by atoms with van der Waals surface area (Å²) in [6.45, 7) is -0.550. The topological polar surface area (TPSA) is 64.6 Å². The van der Waals surface area contributed by atoms with Gasteiger partial charge in [-0.2, -0.15) is 0 Å². The normalized spacial score (nSPS) is 10.2. The second-order valence-corrected chi connectivity index (χ2v) is 5.44. The summed E-state index contributed by atoms with van der Waals surface area (Å²) >= 11 is 11.7. The molecular formula is C16H12Cl2FNO4. The van der Waals surface area contributed by atoms with Crippen LogP contribution in [0.3, 0.4) is 0 Å². The Labute approximate surface area is 147 Å². The maximum atomic E-state index is 13.5. The summed E-state index contributed by atoms with van der Waals surface area (Å²) in [4.78, 5) is 23.6. The van der Waals surface area contributed by atoms with Gasteiger partial charge in [-0.05, 0) is 36.4 Å². The number of benzene rings is 2. The van der Waals surface area contributed by atoms with Crippen LogP contribution in [-0.2, 0) is 9.53 Å². The summed E-state index contributed by atoms with van der Waals surface area (Å²) in [5, 5.41) is 3.14. The molecule has 8 heteroatoms. The lowest BCUT2D eigenvalue weighted by molar-refractivity contribution is -0.119. The molecule has 0 spiro atoms. The lowest BCUT2D eigenvalue weighted by Crippen LogP contribution is -2.21. The third-order valence-electron chi connectivity index (χ3n) is 2.93. The molecule has 0 fully saturated rings. The van der Waals surface area contributed by atoms with Crippen LogP contribution in [0, 0.1) is 5.82 Å². The number of ether oxygens (including phenoxy) is 2. The zero-order valence-corrected chi connectivity index (χ0v) is 13.9. The van der Waals surface area contributed by atoms with Gasteiger partial charge in [0.15, 0.2) is 18.2 Å². The Morgan fingerprint density at radius 3 is 2.54 bits per heavy atom. The Morgan fingerprint density at radius 2 is 1.92 bits per heavy atom. The van der Waals surface area contributed by atoms with Crippen molar-refractivity contribution < 1.29 is 23.5 Å². The van der Waals surface area contributed by atoms with Gasteiger partial charge in [0.2, 0.25) is 0 Å². The highest BCUT2D eigenvalue weighted by molar-refractivity contribution is 6.36. The minimum absolute atomic E-state index is 0.00155. The van der Waals surface area contributed by atoms with E-state index < -0.39 is 24.3 Å². The first-order valence-corrected chi connectivity index (χ1v) is 7.42. The minimum Gasteiger partial charge on any atom is -0.494 e. The van der Waals surface area contributed by atoms with Gasteiger partial charge in [0.05, 0.1) is 23.4 Å². The van der Waals surface area contributed by atoms with Crippen molar-refractivity contribution in [3.05, 3.63) is 57.8 Å². The quantitative estimate of drug-likeness (QED) is 0.808. The number of carbonyl (C=O) groups is 2. The number of methoxy groups -OCH3 is 1. The summed E-state index contributed by atoms with van der Waals surface area (Å²) in [6, 6.07) is 8.12. The van der Waals surface area contributed by atoms with Crippen molar-refractivity contribution in [1.82, 2.24) is 0 Å². The molecule has 5 nitrogen and oxygen atoms in total. The number of rotatable bonds is 5. The molecule has 1 amide bonds. The third-order valence-corrected chi connectivity index (χ3v) is 3.47. The highest BCUT2D eigenvalue weighted by atomic mass is 35.5. The molecule has 2 aromatic rings. The second kappa shape index (κ2) is 7.99. The molecule has 1 N–H and O–H groups in total. The van der Waals surface area contributed by atoms with Crippen molar-refractivity contribution in [3.8, 4) is 5.75 Å². The number of nitrogens with one attached hydrogen (secondary N) is 1. The van der Waals surface area contributed by atoms with E-state index in [1.54, 1.807) is 6.07 Å². The predicted octanol–water partition coefficient (Wildman–Crippen LogP) is 3.94. The smallest absolute Gasteiger partial charge is 0.338 e. The van der Waals surface area contributed by atoms with E-state index in [2.05, 4.69) is 5.32 Å². The molecule has 0 bridgehead atoms. The first kappa shape index (κ1) is 18.0. The summed E-state index contributed by atoms with van der Waals surface area (Å²) in [7, 11) is 1.31. The first-order chi connectivity index (χ1) is 11.4. The highest BCUT2D eigenvalue weighted by Crippen LogP contribution is 2.25. The average Bonchev–Trinajstić information content (AvgIpc) is 2.55. The van der Waals surface area contributed by atoms with Gasteiger partial charge in [0.25, 0.3) is 5.91 Å². The van der Waals surface area contributed by atoms with Crippen molar-refractivity contribution in [2.24, 2.45) is 0 Å². The van der Waals surface area contributed by atoms with Gasteiger partial charge in [-0.3, -0.25) is 4.79 Å². The Balaban J connectivity index is 1.93. The van der Waals surface area contributed by atoms with E-state index in [1.165, 1.54) is 31.4 Å². The molecule has 0 atom stereocenters. The zero-order chi connectivity index (χ0) is 17.7. The summed E-state index contributed by atoms with van der Waals surface area (Å²) in [6.07, 6.45) is 0. The van der Waals surface area contributed by atoms with Gasteiger partial charge in [0, 0.05) is 5.02 Å². The van der Waals surface area contributed by atoms with E-state index in [9.17, 15) is 14.0 Å². The number of hydrogen-bond acceptors (Lipinski definition) is 4. The third kappa shape index (κ3) is 4.59. The molecule has 126 valence electrons. The fourth-order valence-corrected chi connectivity index (χ4v) is 2.24. The van der Waals surface area contributed by atoms with Gasteiger partial charge < -0.3 is 14.8 Å². The lowest BCUT2D eigenvalue weighted by atomic mass is 10.2. The molecule has 0 saturated carbocycles. The maximum Gasteiger partial charge on any atom is 0.338 e. The van der Waals surface area contributed by atoms with Gasteiger partial charge in [-0.25, -0.2) is 9.18 Å². The summed E-state index contributed by atoms with van der Waals surface area (Å²) in [5.41, 5.74) is 0.295. The summed E-state index contributed by atoms with van der Waals surface area (Å²) in [5.74, 6) is -2.14. The Morgan fingerprint density at radius 1 is 1.17 bits per heavy atom. The Bertz CT molecular complexity index is 783. The summed E-state index contributed by atoms with van der Waals surface area (Å²) < 4.78 is 23.1. The van der Waals surface area contributed by atoms with E-state index in [0.29, 0.717) is 10.7 Å². The van der Waals surface area contributed by atoms with Gasteiger partial charge in [-0.1, -0.05) is 23.2 Å². The fourth-order valence-electron chi connectivity index (χ4n) is 1.78. The molecule has 0 radical (unpaired) electrons. The van der Waals surface area contributed by atoms with Crippen LogP contribution in [0.4, 0.5) is 10.1 Å². The Hall–Kier alpha value is -2.31. The molecule has 2 rings (SSSR count). The lowest BCUT2D eigenvalue weighted by Gasteiger charge is -2.09. The Kier molecular flexibility index (Phi) is 6.00. The molecule has 0 aliphatic heterocycles. The molecular weight excluding hydrogens is 360 g/mol. The van der Waals surface area contributed by atoms with Crippen LogP contribution in [0.25, 0.3) is 0 Å². The molecule has 0 aliphatic carbocycles. The van der Waals surface area contributed by atoms with Gasteiger partial charge >= 0.3 is 5.97 Å². The van der Waals surface area contributed by atoms with Crippen LogP contribution in [0.2, 0.25) is 10.0 Å². The monoisotopic (exact) mass is 371 g/mol. The van der Waals surface area contributed by atoms with E-state index in [4.69, 9.17) is 32.7 Å². The van der Waals surface area contributed by atoms with Gasteiger partial charge in [0.1, 0.15) is 0 Å². The average molecular weight is 372 g/mol. The number of amides is 1. The van der Waals surface area contributed by atoms with Crippen LogP contribution < -0.4 is 10.1 Å². The van der Waals surface area contributed by atoms with Crippen LogP contribution in [-0.4, -0.2) is 25.6 Å². The van der Waals surface area contributed by atoms with Crippen LogP contribution in [0.1, 0.15) is 10.4 Å². The number of carbonyl (C=O) groups excluding carboxylic acids is 2. The van der Waals surface area contributed by atoms with Crippen LogP contribution >= 0.6 is 23.2 Å². The number of hydrogen-bond donors (Lipinski definition) is 1. The van der Waals surface area contributed by atoms with Crippen molar-refractivity contribution in [2.45, 2.75) is 0 Å². The fraction of sp³-hybridized carbons (Fsp3) is 0.125. The molecule has 0 saturated heterocycles. The van der Waals surface area contributed by atoms with Gasteiger partial charge in [-0.15, -0.1) is 0 Å². The molecule has 24 heavy (non-hydrogen) atoms. The first-order valence-electron chi connectivity index (χ1n) is 6.66. The number of halogens is 3. The SMILES string of the molecule is COc1ccc(C(=O)OCC(=O)Nc2ccc(Cl)cc2Cl)cc1F. The van der Waals surface area contributed by atoms with Crippen molar-refractivity contribution in [2.75, 3.05) is 19.0 Å². The van der Waals surface area contributed by atoms with Crippen LogP contribution in [0.15, 0.2) is 36.4 Å². The van der Waals surface area contributed by atoms with E-state index in [-0.39, 0.29) is 16.3 Å². The molecule has 2 aromatic carbocycles. The van der Waals surface area contributed by atoms with Crippen molar-refractivity contribution in [3.63, 3.8) is 0 Å². The van der Waals surface area contributed by atoms with E-state index in [1.807, 2.05) is 0 Å². The predicted molar refractivity (Wildman–Crippen MR) is 88.3 cm³/mol. The minimum atomic E-state index is -0.839. The van der Waals surface area contributed by atoms with Crippen molar-refractivity contribution in [1.29, 1.82) is 0 Å².